The molecule has 2 aromatic carbocycles. The molecule has 0 aliphatic carbocycles. The Balaban J connectivity index is 1.54. The van der Waals surface area contributed by atoms with Gasteiger partial charge in [-0.05, 0) is 55.2 Å². The number of carbonyl (C=O) groups is 1. The highest BCUT2D eigenvalue weighted by Gasteiger charge is 2.34. The number of amides is 1. The normalized spacial score (nSPS) is 18.1. The minimum atomic E-state index is -4.55. The molecule has 5 nitrogen and oxygen atoms in total. The van der Waals surface area contributed by atoms with Crippen molar-refractivity contribution < 1.29 is 27.1 Å². The molecule has 2 heterocycles. The number of hydrogen-bond donors (Lipinski definition) is 3. The Morgan fingerprint density at radius 2 is 1.90 bits per heavy atom. The van der Waals surface area contributed by atoms with E-state index in [1.54, 1.807) is 0 Å². The molecule has 9 heteroatoms. The molecule has 2 aliphatic rings. The van der Waals surface area contributed by atoms with E-state index in [1.165, 1.54) is 36.5 Å². The van der Waals surface area contributed by atoms with Gasteiger partial charge in [-0.3, -0.25) is 4.79 Å². The van der Waals surface area contributed by atoms with Crippen molar-refractivity contribution >= 4 is 28.5 Å². The molecule has 31 heavy (non-hydrogen) atoms. The summed E-state index contributed by atoms with van der Waals surface area (Å²) in [5, 5.41) is 8.24. The summed E-state index contributed by atoms with van der Waals surface area (Å²) in [5.41, 5.74) is 0.304. The number of benzene rings is 2. The van der Waals surface area contributed by atoms with E-state index in [4.69, 9.17) is 4.74 Å². The van der Waals surface area contributed by atoms with Gasteiger partial charge in [0.2, 0.25) is 0 Å². The number of ether oxygens (including phenoxy) is 1. The second kappa shape index (κ2) is 8.58. The molecule has 1 fully saturated rings. The number of rotatable bonds is 5. The van der Waals surface area contributed by atoms with Crippen LogP contribution in [0.3, 0.4) is 0 Å². The SMILES string of the molecule is O=C1Nc2ccc(F)cc2C1=CNc1ccc(NCC2CCOCC2)c(C(F)(F)F)c1. The van der Waals surface area contributed by atoms with E-state index in [1.807, 2.05) is 0 Å². The maximum Gasteiger partial charge on any atom is 0.418 e. The summed E-state index contributed by atoms with van der Waals surface area (Å²) in [4.78, 5) is 12.1. The second-order valence-electron chi connectivity index (χ2n) is 7.54. The molecule has 2 aromatic rings. The molecular formula is C22H21F4N3O2. The Kier molecular flexibility index (Phi) is 5.86. The van der Waals surface area contributed by atoms with Crippen molar-refractivity contribution in [2.75, 3.05) is 35.7 Å². The van der Waals surface area contributed by atoms with Crippen molar-refractivity contribution in [3.63, 3.8) is 0 Å². The first-order valence-corrected chi connectivity index (χ1v) is 9.92. The molecule has 0 spiro atoms. The van der Waals surface area contributed by atoms with Crippen LogP contribution in [-0.2, 0) is 15.7 Å². The Bertz CT molecular complexity index is 1010. The van der Waals surface area contributed by atoms with Gasteiger partial charge in [0.15, 0.2) is 0 Å². The van der Waals surface area contributed by atoms with Crippen molar-refractivity contribution in [2.24, 2.45) is 5.92 Å². The third-order valence-corrected chi connectivity index (χ3v) is 5.39. The largest absolute Gasteiger partial charge is 0.418 e. The van der Waals surface area contributed by atoms with Crippen LogP contribution in [0, 0.1) is 11.7 Å². The number of nitrogens with one attached hydrogen (secondary N) is 3. The molecule has 4 rings (SSSR count). The van der Waals surface area contributed by atoms with Crippen LogP contribution in [0.1, 0.15) is 24.0 Å². The summed E-state index contributed by atoms with van der Waals surface area (Å²) >= 11 is 0. The topological polar surface area (TPSA) is 62.4 Å². The van der Waals surface area contributed by atoms with Crippen LogP contribution < -0.4 is 16.0 Å². The zero-order valence-corrected chi connectivity index (χ0v) is 16.5. The van der Waals surface area contributed by atoms with E-state index >= 15 is 0 Å². The molecule has 0 aromatic heterocycles. The fourth-order valence-corrected chi connectivity index (χ4v) is 3.69. The predicted octanol–water partition coefficient (Wildman–Crippen LogP) is 5.09. The van der Waals surface area contributed by atoms with Gasteiger partial charge in [-0.25, -0.2) is 4.39 Å². The van der Waals surface area contributed by atoms with Gasteiger partial charge in [-0.1, -0.05) is 0 Å². The van der Waals surface area contributed by atoms with Gasteiger partial charge >= 0.3 is 6.18 Å². The van der Waals surface area contributed by atoms with Gasteiger partial charge in [0, 0.05) is 48.6 Å². The number of hydrogen-bond acceptors (Lipinski definition) is 4. The van der Waals surface area contributed by atoms with Crippen LogP contribution in [-0.4, -0.2) is 25.7 Å². The number of fused-ring (bicyclic) bond motifs is 1. The van der Waals surface area contributed by atoms with Gasteiger partial charge in [-0.2, -0.15) is 13.2 Å². The lowest BCUT2D eigenvalue weighted by molar-refractivity contribution is -0.136. The smallest absolute Gasteiger partial charge is 0.384 e. The first-order valence-electron chi connectivity index (χ1n) is 9.92. The maximum absolute atomic E-state index is 13.6. The number of anilines is 3. The Labute approximate surface area is 176 Å². The van der Waals surface area contributed by atoms with Crippen molar-refractivity contribution in [3.8, 4) is 0 Å². The van der Waals surface area contributed by atoms with E-state index < -0.39 is 23.5 Å². The molecule has 3 N–H and O–H groups in total. The second-order valence-corrected chi connectivity index (χ2v) is 7.54. The third kappa shape index (κ3) is 4.82. The van der Waals surface area contributed by atoms with Crippen LogP contribution in [0.25, 0.3) is 5.57 Å². The van der Waals surface area contributed by atoms with Gasteiger partial charge in [0.25, 0.3) is 5.91 Å². The summed E-state index contributed by atoms with van der Waals surface area (Å²) in [7, 11) is 0. The van der Waals surface area contributed by atoms with Crippen molar-refractivity contribution in [1.82, 2.24) is 0 Å². The predicted molar refractivity (Wildman–Crippen MR) is 110 cm³/mol. The van der Waals surface area contributed by atoms with Crippen LogP contribution >= 0.6 is 0 Å². The molecule has 164 valence electrons. The lowest BCUT2D eigenvalue weighted by Gasteiger charge is -2.24. The molecule has 0 bridgehead atoms. The fraction of sp³-hybridized carbons (Fsp3) is 0.318. The molecular weight excluding hydrogens is 414 g/mol. The summed E-state index contributed by atoms with van der Waals surface area (Å²) in [6.07, 6.45) is -1.65. The van der Waals surface area contributed by atoms with Crippen LogP contribution in [0.5, 0.6) is 0 Å². The summed E-state index contributed by atoms with van der Waals surface area (Å²) in [6.45, 7) is 1.68. The lowest BCUT2D eigenvalue weighted by Crippen LogP contribution is -2.23. The third-order valence-electron chi connectivity index (χ3n) is 5.39. The quantitative estimate of drug-likeness (QED) is 0.452. The fourth-order valence-electron chi connectivity index (χ4n) is 3.69. The minimum Gasteiger partial charge on any atom is -0.384 e. The highest BCUT2D eigenvalue weighted by atomic mass is 19.4. The average molecular weight is 435 g/mol. The molecule has 1 amide bonds. The molecule has 1 saturated heterocycles. The van der Waals surface area contributed by atoms with Gasteiger partial charge in [0.1, 0.15) is 5.82 Å². The summed E-state index contributed by atoms with van der Waals surface area (Å²) in [5.74, 6) is -0.710. The molecule has 0 radical (unpaired) electrons. The number of halogens is 4. The van der Waals surface area contributed by atoms with E-state index in [-0.39, 0.29) is 22.9 Å². The van der Waals surface area contributed by atoms with E-state index in [0.29, 0.717) is 31.0 Å². The zero-order chi connectivity index (χ0) is 22.0. The first kappa shape index (κ1) is 21.2. The molecule has 0 unspecified atom stereocenters. The van der Waals surface area contributed by atoms with Crippen LogP contribution in [0.4, 0.5) is 34.6 Å². The van der Waals surface area contributed by atoms with Crippen molar-refractivity contribution in [3.05, 3.63) is 59.5 Å². The Hall–Kier alpha value is -3.07. The Morgan fingerprint density at radius 3 is 2.65 bits per heavy atom. The van der Waals surface area contributed by atoms with Crippen LogP contribution in [0.2, 0.25) is 0 Å². The summed E-state index contributed by atoms with van der Waals surface area (Å²) in [6, 6.07) is 7.71. The zero-order valence-electron chi connectivity index (χ0n) is 16.5. The minimum absolute atomic E-state index is 0.00298. The molecule has 0 atom stereocenters. The maximum atomic E-state index is 13.6. The van der Waals surface area contributed by atoms with Gasteiger partial charge in [0.05, 0.1) is 11.1 Å². The van der Waals surface area contributed by atoms with Crippen molar-refractivity contribution in [1.29, 1.82) is 0 Å². The lowest BCUT2D eigenvalue weighted by atomic mass is 10.00. The average Bonchev–Trinajstić information content (AvgIpc) is 3.05. The molecule has 0 saturated carbocycles. The number of alkyl halides is 3. The highest BCUT2D eigenvalue weighted by molar-refractivity contribution is 6.31. The van der Waals surface area contributed by atoms with Gasteiger partial charge < -0.3 is 20.7 Å². The van der Waals surface area contributed by atoms with Crippen molar-refractivity contribution in [2.45, 2.75) is 19.0 Å². The first-order chi connectivity index (χ1) is 14.8. The monoisotopic (exact) mass is 435 g/mol. The van der Waals surface area contributed by atoms with E-state index in [0.717, 1.165) is 18.9 Å². The molecule has 2 aliphatic heterocycles. The van der Waals surface area contributed by atoms with Crippen LogP contribution in [0.15, 0.2) is 42.6 Å². The van der Waals surface area contributed by atoms with Gasteiger partial charge in [-0.15, -0.1) is 0 Å². The highest BCUT2D eigenvalue weighted by Crippen LogP contribution is 2.37. The number of carbonyl (C=O) groups excluding carboxylic acids is 1. The summed E-state index contributed by atoms with van der Waals surface area (Å²) < 4.78 is 59.7. The Morgan fingerprint density at radius 1 is 1.13 bits per heavy atom. The standard InChI is InChI=1S/C22H21F4N3O2/c23-14-1-3-19-16(9-14)17(21(30)29-19)12-27-15-2-4-20(18(10-15)22(24,25)26)28-11-13-5-7-31-8-6-13/h1-4,9-10,12-13,27-28H,5-8,11H2,(H,29,30). The van der Waals surface area contributed by atoms with E-state index in [2.05, 4.69) is 16.0 Å². The van der Waals surface area contributed by atoms with E-state index in [9.17, 15) is 22.4 Å².